The molecule has 0 saturated carbocycles. The highest BCUT2D eigenvalue weighted by Gasteiger charge is 2.13. The average Bonchev–Trinajstić information content (AvgIpc) is 2.68. The zero-order valence-corrected chi connectivity index (χ0v) is 15.5. The number of thioether (sulfide) groups is 1. The molecule has 0 amide bonds. The molecule has 2 fully saturated rings. The van der Waals surface area contributed by atoms with E-state index in [0.29, 0.717) is 19.1 Å². The van der Waals surface area contributed by atoms with E-state index in [4.69, 9.17) is 15.2 Å². The van der Waals surface area contributed by atoms with Crippen LogP contribution in [-0.2, 0) is 11.3 Å². The highest BCUT2D eigenvalue weighted by Crippen LogP contribution is 2.19. The molecule has 2 saturated heterocycles. The molecule has 0 spiro atoms. The summed E-state index contributed by atoms with van der Waals surface area (Å²) in [5, 5.41) is 0. The summed E-state index contributed by atoms with van der Waals surface area (Å²) >= 11 is 1.97. The highest BCUT2D eigenvalue weighted by atomic mass is 32.2. The molecule has 0 radical (unpaired) electrons. The lowest BCUT2D eigenvalue weighted by molar-refractivity contribution is 0.0322. The van der Waals surface area contributed by atoms with E-state index >= 15 is 0 Å². The van der Waals surface area contributed by atoms with E-state index in [0.717, 1.165) is 68.8 Å². The average molecular weight is 365 g/mol. The van der Waals surface area contributed by atoms with Gasteiger partial charge in [-0.1, -0.05) is 18.2 Å². The van der Waals surface area contributed by atoms with Crippen LogP contribution in [0.1, 0.15) is 5.56 Å². The molecule has 0 aliphatic carbocycles. The number of para-hydroxylation sites is 1. The van der Waals surface area contributed by atoms with E-state index in [1.54, 1.807) is 0 Å². The van der Waals surface area contributed by atoms with Gasteiger partial charge in [-0.3, -0.25) is 4.90 Å². The van der Waals surface area contributed by atoms with Crippen LogP contribution in [0.25, 0.3) is 0 Å². The molecule has 0 atom stereocenters. The molecule has 0 unspecified atom stereocenters. The summed E-state index contributed by atoms with van der Waals surface area (Å²) in [6.45, 7) is 7.74. The van der Waals surface area contributed by atoms with E-state index in [9.17, 15) is 0 Å². The van der Waals surface area contributed by atoms with Crippen molar-refractivity contribution in [2.45, 2.75) is 6.54 Å². The van der Waals surface area contributed by atoms with Gasteiger partial charge in [-0.15, -0.1) is 0 Å². The van der Waals surface area contributed by atoms with Crippen molar-refractivity contribution in [3.63, 3.8) is 0 Å². The molecule has 138 valence electrons. The van der Waals surface area contributed by atoms with Crippen molar-refractivity contribution >= 4 is 17.7 Å². The Hall–Kier alpha value is -1.44. The fraction of sp³-hybridized carbons (Fsp3) is 0.611. The van der Waals surface area contributed by atoms with Crippen LogP contribution in [0.15, 0.2) is 29.3 Å². The predicted molar refractivity (Wildman–Crippen MR) is 103 cm³/mol. The normalized spacial score (nSPS) is 19.8. The number of nitrogens with zero attached hydrogens (tertiary/aromatic N) is 3. The van der Waals surface area contributed by atoms with Crippen molar-refractivity contribution in [2.75, 3.05) is 64.1 Å². The van der Waals surface area contributed by atoms with Crippen molar-refractivity contribution in [2.24, 2.45) is 10.7 Å². The Morgan fingerprint density at radius 1 is 1.16 bits per heavy atom. The molecular formula is C18H28N4O2S. The topological polar surface area (TPSA) is 63.3 Å². The van der Waals surface area contributed by atoms with Crippen LogP contribution >= 0.6 is 11.8 Å². The van der Waals surface area contributed by atoms with Gasteiger partial charge < -0.3 is 20.1 Å². The standard InChI is InChI=1S/C18H28N4O2S/c19-18(22-8-13-25-14-9-22)20-15-16-3-1-2-4-17(16)24-12-7-21-5-10-23-11-6-21/h1-4H,5-15H2,(H2,19,20). The minimum atomic E-state index is 0.559. The fourth-order valence-electron chi connectivity index (χ4n) is 2.94. The smallest absolute Gasteiger partial charge is 0.191 e. The maximum absolute atomic E-state index is 6.15. The minimum absolute atomic E-state index is 0.559. The Morgan fingerprint density at radius 2 is 1.92 bits per heavy atom. The molecule has 2 aliphatic heterocycles. The molecule has 2 aliphatic rings. The zero-order valence-electron chi connectivity index (χ0n) is 14.7. The Balaban J connectivity index is 1.51. The number of morpholine rings is 1. The van der Waals surface area contributed by atoms with E-state index in [2.05, 4.69) is 20.9 Å². The van der Waals surface area contributed by atoms with E-state index in [-0.39, 0.29) is 0 Å². The van der Waals surface area contributed by atoms with Crippen molar-refractivity contribution in [1.29, 1.82) is 0 Å². The summed E-state index contributed by atoms with van der Waals surface area (Å²) < 4.78 is 11.4. The number of benzene rings is 1. The Kier molecular flexibility index (Phi) is 7.26. The Morgan fingerprint density at radius 3 is 2.72 bits per heavy atom. The Bertz CT molecular complexity index is 558. The van der Waals surface area contributed by atoms with Gasteiger partial charge in [-0.2, -0.15) is 11.8 Å². The molecular weight excluding hydrogens is 336 g/mol. The van der Waals surface area contributed by atoms with Gasteiger partial charge in [0.05, 0.1) is 19.8 Å². The molecule has 1 aromatic carbocycles. The molecule has 2 heterocycles. The fourth-order valence-corrected chi connectivity index (χ4v) is 3.85. The first-order valence-electron chi connectivity index (χ1n) is 8.96. The lowest BCUT2D eigenvalue weighted by Crippen LogP contribution is -2.42. The summed E-state index contributed by atoms with van der Waals surface area (Å²) in [5.41, 5.74) is 7.23. The van der Waals surface area contributed by atoms with Gasteiger partial charge in [0.2, 0.25) is 0 Å². The first-order chi connectivity index (χ1) is 12.3. The summed E-state index contributed by atoms with van der Waals surface area (Å²) in [5.74, 6) is 3.79. The lowest BCUT2D eigenvalue weighted by atomic mass is 10.2. The summed E-state index contributed by atoms with van der Waals surface area (Å²) in [4.78, 5) is 9.12. The van der Waals surface area contributed by atoms with Gasteiger partial charge in [0.1, 0.15) is 12.4 Å². The number of nitrogens with two attached hydrogens (primary N) is 1. The maximum atomic E-state index is 6.15. The second-order valence-corrected chi connectivity index (χ2v) is 7.41. The van der Waals surface area contributed by atoms with Crippen LogP contribution in [-0.4, -0.2) is 79.8 Å². The van der Waals surface area contributed by atoms with Gasteiger partial charge in [-0.05, 0) is 6.07 Å². The SMILES string of the molecule is NC(=NCc1ccccc1OCCN1CCOCC1)N1CCSCC1. The van der Waals surface area contributed by atoms with Gasteiger partial charge in [0.15, 0.2) is 5.96 Å². The number of aliphatic imine (C=N–C) groups is 1. The van der Waals surface area contributed by atoms with E-state index < -0.39 is 0 Å². The van der Waals surface area contributed by atoms with Crippen LogP contribution in [0.3, 0.4) is 0 Å². The second kappa shape index (κ2) is 9.89. The van der Waals surface area contributed by atoms with Gasteiger partial charge in [0, 0.05) is 49.8 Å². The third-order valence-electron chi connectivity index (χ3n) is 4.49. The third kappa shape index (κ3) is 5.80. The van der Waals surface area contributed by atoms with Crippen LogP contribution in [0.5, 0.6) is 5.75 Å². The molecule has 2 N–H and O–H groups in total. The Labute approximate surface area is 154 Å². The molecule has 0 bridgehead atoms. The van der Waals surface area contributed by atoms with Crippen LogP contribution in [0.4, 0.5) is 0 Å². The second-order valence-electron chi connectivity index (χ2n) is 6.18. The third-order valence-corrected chi connectivity index (χ3v) is 5.43. The van der Waals surface area contributed by atoms with E-state index in [1.165, 1.54) is 0 Å². The molecule has 1 aromatic rings. The first kappa shape index (κ1) is 18.4. The quantitative estimate of drug-likeness (QED) is 0.606. The number of rotatable bonds is 6. The summed E-state index contributed by atoms with van der Waals surface area (Å²) in [7, 11) is 0. The summed E-state index contributed by atoms with van der Waals surface area (Å²) in [6, 6.07) is 8.10. The maximum Gasteiger partial charge on any atom is 0.191 e. The van der Waals surface area contributed by atoms with Crippen molar-refractivity contribution in [3.05, 3.63) is 29.8 Å². The number of hydrogen-bond donors (Lipinski definition) is 1. The molecule has 3 rings (SSSR count). The van der Waals surface area contributed by atoms with Crippen molar-refractivity contribution in [3.8, 4) is 5.75 Å². The van der Waals surface area contributed by atoms with Gasteiger partial charge in [0.25, 0.3) is 0 Å². The minimum Gasteiger partial charge on any atom is -0.492 e. The number of ether oxygens (including phenoxy) is 2. The highest BCUT2D eigenvalue weighted by molar-refractivity contribution is 7.99. The first-order valence-corrected chi connectivity index (χ1v) is 10.1. The number of guanidine groups is 1. The molecule has 7 heteroatoms. The largest absolute Gasteiger partial charge is 0.492 e. The van der Waals surface area contributed by atoms with Crippen LogP contribution < -0.4 is 10.5 Å². The summed E-state index contributed by atoms with van der Waals surface area (Å²) in [6.07, 6.45) is 0. The monoisotopic (exact) mass is 364 g/mol. The van der Waals surface area contributed by atoms with Crippen LogP contribution in [0.2, 0.25) is 0 Å². The molecule has 25 heavy (non-hydrogen) atoms. The van der Waals surface area contributed by atoms with Crippen molar-refractivity contribution < 1.29 is 9.47 Å². The molecule has 0 aromatic heterocycles. The molecule has 6 nitrogen and oxygen atoms in total. The van der Waals surface area contributed by atoms with E-state index in [1.807, 2.05) is 30.0 Å². The predicted octanol–water partition coefficient (Wildman–Crippen LogP) is 1.26. The van der Waals surface area contributed by atoms with Gasteiger partial charge >= 0.3 is 0 Å². The van der Waals surface area contributed by atoms with Crippen molar-refractivity contribution in [1.82, 2.24) is 9.80 Å². The van der Waals surface area contributed by atoms with Gasteiger partial charge in [-0.25, -0.2) is 4.99 Å². The zero-order chi connectivity index (χ0) is 17.3. The number of hydrogen-bond acceptors (Lipinski definition) is 5. The van der Waals surface area contributed by atoms with Crippen LogP contribution in [0, 0.1) is 0 Å². The lowest BCUT2D eigenvalue weighted by Gasteiger charge is -2.27.